The van der Waals surface area contributed by atoms with Crippen LogP contribution >= 0.6 is 11.3 Å². The highest BCUT2D eigenvalue weighted by Crippen LogP contribution is 2.26. The van der Waals surface area contributed by atoms with Gasteiger partial charge in [0.05, 0.1) is 11.9 Å². The minimum atomic E-state index is -0.302. The number of aromatic nitrogens is 1. The largest absolute Gasteiger partial charge is 0.508 e. The van der Waals surface area contributed by atoms with Crippen LogP contribution in [-0.4, -0.2) is 16.3 Å². The minimum Gasteiger partial charge on any atom is -0.508 e. The summed E-state index contributed by atoms with van der Waals surface area (Å²) in [6, 6.07) is 13.0. The summed E-state index contributed by atoms with van der Waals surface area (Å²) >= 11 is 1.40. The Morgan fingerprint density at radius 3 is 2.86 bits per heavy atom. The van der Waals surface area contributed by atoms with Crippen LogP contribution in [-0.2, 0) is 0 Å². The van der Waals surface area contributed by atoms with Gasteiger partial charge in [-0.15, -0.1) is 11.3 Å². The fraction of sp³-hybridized carbons (Fsp3) is 0. The molecule has 1 aromatic heterocycles. The van der Waals surface area contributed by atoms with Gasteiger partial charge in [0.2, 0.25) is 5.13 Å². The van der Waals surface area contributed by atoms with Crippen LogP contribution in [0.5, 0.6) is 5.75 Å². The molecule has 22 heavy (non-hydrogen) atoms. The van der Waals surface area contributed by atoms with Gasteiger partial charge in [-0.25, -0.2) is 9.37 Å². The monoisotopic (exact) mass is 313 g/mol. The van der Waals surface area contributed by atoms with Crippen LogP contribution in [0.2, 0.25) is 0 Å². The zero-order valence-corrected chi connectivity index (χ0v) is 12.2. The van der Waals surface area contributed by atoms with Gasteiger partial charge in [0, 0.05) is 10.9 Å². The second-order valence-corrected chi connectivity index (χ2v) is 5.37. The molecule has 0 bridgehead atoms. The van der Waals surface area contributed by atoms with Crippen molar-refractivity contribution in [2.45, 2.75) is 0 Å². The number of phenolic OH excluding ortho intramolecular Hbond substituents is 1. The van der Waals surface area contributed by atoms with Gasteiger partial charge in [-0.3, -0.25) is 5.43 Å². The molecule has 2 aromatic carbocycles. The molecule has 0 saturated heterocycles. The number of nitrogens with one attached hydrogen (secondary N) is 1. The Morgan fingerprint density at radius 1 is 1.18 bits per heavy atom. The van der Waals surface area contributed by atoms with E-state index in [-0.39, 0.29) is 11.6 Å². The van der Waals surface area contributed by atoms with Crippen LogP contribution in [0.3, 0.4) is 0 Å². The van der Waals surface area contributed by atoms with E-state index in [2.05, 4.69) is 15.5 Å². The van der Waals surface area contributed by atoms with Crippen LogP contribution < -0.4 is 5.43 Å². The summed E-state index contributed by atoms with van der Waals surface area (Å²) in [6.45, 7) is 0. The Morgan fingerprint density at radius 2 is 2.05 bits per heavy atom. The standard InChI is InChI=1S/C16H12FN3OS/c17-13-5-1-3-11(7-13)9-18-20-16-19-15(10-22-16)12-4-2-6-14(21)8-12/h1-10,21H,(H,19,20)/b18-9+. The highest BCUT2D eigenvalue weighted by atomic mass is 32.1. The number of benzene rings is 2. The van der Waals surface area contributed by atoms with Gasteiger partial charge < -0.3 is 5.11 Å². The highest BCUT2D eigenvalue weighted by molar-refractivity contribution is 7.14. The van der Waals surface area contributed by atoms with Crippen LogP contribution in [0.1, 0.15) is 5.56 Å². The predicted molar refractivity (Wildman–Crippen MR) is 86.8 cm³/mol. The second kappa shape index (κ2) is 6.36. The van der Waals surface area contributed by atoms with Crippen molar-refractivity contribution in [3.63, 3.8) is 0 Å². The lowest BCUT2D eigenvalue weighted by atomic mass is 10.2. The summed E-state index contributed by atoms with van der Waals surface area (Å²) in [5.74, 6) is -0.103. The Bertz CT molecular complexity index is 816. The molecule has 3 aromatic rings. The van der Waals surface area contributed by atoms with Crippen molar-refractivity contribution in [3.05, 3.63) is 65.3 Å². The third kappa shape index (κ3) is 3.48. The number of hydrogen-bond donors (Lipinski definition) is 2. The molecule has 6 heteroatoms. The quantitative estimate of drug-likeness (QED) is 0.563. The minimum absolute atomic E-state index is 0.198. The molecule has 0 amide bonds. The van der Waals surface area contributed by atoms with E-state index in [0.29, 0.717) is 10.7 Å². The predicted octanol–water partition coefficient (Wildman–Crippen LogP) is 4.10. The van der Waals surface area contributed by atoms with E-state index in [1.807, 2.05) is 11.4 Å². The topological polar surface area (TPSA) is 57.5 Å². The molecular formula is C16H12FN3OS. The maximum absolute atomic E-state index is 13.0. The summed E-state index contributed by atoms with van der Waals surface area (Å²) in [4.78, 5) is 4.38. The van der Waals surface area contributed by atoms with Gasteiger partial charge in [0.25, 0.3) is 0 Å². The first kappa shape index (κ1) is 14.2. The van der Waals surface area contributed by atoms with Gasteiger partial charge >= 0.3 is 0 Å². The van der Waals surface area contributed by atoms with Crippen LogP contribution in [0, 0.1) is 5.82 Å². The van der Waals surface area contributed by atoms with E-state index >= 15 is 0 Å². The zero-order valence-electron chi connectivity index (χ0n) is 11.4. The first-order valence-electron chi connectivity index (χ1n) is 6.50. The van der Waals surface area contributed by atoms with Crippen molar-refractivity contribution in [1.82, 2.24) is 4.98 Å². The average molecular weight is 313 g/mol. The smallest absolute Gasteiger partial charge is 0.203 e. The number of hydrazone groups is 1. The first-order valence-corrected chi connectivity index (χ1v) is 7.38. The fourth-order valence-corrected chi connectivity index (χ4v) is 2.54. The zero-order chi connectivity index (χ0) is 15.4. The molecule has 0 aliphatic carbocycles. The Hall–Kier alpha value is -2.73. The molecule has 0 aliphatic heterocycles. The number of hydrogen-bond acceptors (Lipinski definition) is 5. The Labute approximate surface area is 130 Å². The second-order valence-electron chi connectivity index (χ2n) is 4.51. The van der Waals surface area contributed by atoms with E-state index in [1.165, 1.54) is 29.7 Å². The van der Waals surface area contributed by atoms with E-state index in [1.54, 1.807) is 30.3 Å². The summed E-state index contributed by atoms with van der Waals surface area (Å²) < 4.78 is 13.0. The number of anilines is 1. The summed E-state index contributed by atoms with van der Waals surface area (Å²) in [6.07, 6.45) is 1.53. The van der Waals surface area contributed by atoms with E-state index in [0.717, 1.165) is 11.3 Å². The Kier molecular flexibility index (Phi) is 4.11. The van der Waals surface area contributed by atoms with Gasteiger partial charge in [0.1, 0.15) is 11.6 Å². The normalized spacial score (nSPS) is 11.0. The van der Waals surface area contributed by atoms with Gasteiger partial charge in [-0.1, -0.05) is 24.3 Å². The van der Waals surface area contributed by atoms with Crippen LogP contribution in [0.25, 0.3) is 11.3 Å². The van der Waals surface area contributed by atoms with E-state index in [9.17, 15) is 9.50 Å². The molecule has 0 fully saturated rings. The summed E-state index contributed by atoms with van der Waals surface area (Å²) in [5, 5.41) is 16.0. The molecule has 0 radical (unpaired) electrons. The molecular weight excluding hydrogens is 301 g/mol. The average Bonchev–Trinajstić information content (AvgIpc) is 2.96. The van der Waals surface area contributed by atoms with Gasteiger partial charge in [0.15, 0.2) is 0 Å². The molecule has 0 spiro atoms. The number of aromatic hydroxyl groups is 1. The van der Waals surface area contributed by atoms with E-state index < -0.39 is 0 Å². The van der Waals surface area contributed by atoms with E-state index in [4.69, 9.17) is 0 Å². The van der Waals surface area contributed by atoms with Crippen molar-refractivity contribution < 1.29 is 9.50 Å². The number of halogens is 1. The van der Waals surface area contributed by atoms with Gasteiger partial charge in [-0.2, -0.15) is 5.10 Å². The van der Waals surface area contributed by atoms with Crippen LogP contribution in [0.15, 0.2) is 59.0 Å². The SMILES string of the molecule is Oc1cccc(-c2csc(N/N=C/c3cccc(F)c3)n2)c1. The Balaban J connectivity index is 1.69. The molecule has 0 saturated carbocycles. The number of nitrogens with zero attached hydrogens (tertiary/aromatic N) is 2. The summed E-state index contributed by atoms with van der Waals surface area (Å²) in [7, 11) is 0. The third-order valence-electron chi connectivity index (χ3n) is 2.87. The van der Waals surface area contributed by atoms with Crippen molar-refractivity contribution in [2.75, 3.05) is 5.43 Å². The third-order valence-corrected chi connectivity index (χ3v) is 3.62. The molecule has 3 rings (SSSR count). The summed E-state index contributed by atoms with van der Waals surface area (Å²) in [5.41, 5.74) is 5.06. The number of rotatable bonds is 4. The van der Waals surface area contributed by atoms with Crippen molar-refractivity contribution in [1.29, 1.82) is 0 Å². The van der Waals surface area contributed by atoms with Crippen molar-refractivity contribution in [2.24, 2.45) is 5.10 Å². The van der Waals surface area contributed by atoms with Crippen LogP contribution in [0.4, 0.5) is 9.52 Å². The highest BCUT2D eigenvalue weighted by Gasteiger charge is 2.04. The lowest BCUT2D eigenvalue weighted by Gasteiger charge is -1.97. The maximum Gasteiger partial charge on any atom is 0.203 e. The maximum atomic E-state index is 13.0. The molecule has 110 valence electrons. The molecule has 0 aliphatic rings. The lowest BCUT2D eigenvalue weighted by Crippen LogP contribution is -1.90. The first-order chi connectivity index (χ1) is 10.7. The molecule has 2 N–H and O–H groups in total. The molecule has 0 atom stereocenters. The van der Waals surface area contributed by atoms with Crippen molar-refractivity contribution >= 4 is 22.7 Å². The number of thiazole rings is 1. The van der Waals surface area contributed by atoms with Crippen molar-refractivity contribution in [3.8, 4) is 17.0 Å². The fourth-order valence-electron chi connectivity index (χ4n) is 1.87. The molecule has 1 heterocycles. The molecule has 4 nitrogen and oxygen atoms in total. The lowest BCUT2D eigenvalue weighted by molar-refractivity contribution is 0.475. The molecule has 0 unspecified atom stereocenters. The number of phenols is 1. The van der Waals surface area contributed by atoms with Gasteiger partial charge in [-0.05, 0) is 29.8 Å².